The molecule has 1 aliphatic rings. The SMILES string of the molecule is CCNCc1ccc(N(CC)C2CCCCC2)cc1. The molecule has 1 aromatic carbocycles. The lowest BCUT2D eigenvalue weighted by molar-refractivity contribution is 0.418. The Morgan fingerprint density at radius 1 is 1.05 bits per heavy atom. The van der Waals surface area contributed by atoms with Crippen LogP contribution in [0.15, 0.2) is 24.3 Å². The largest absolute Gasteiger partial charge is 0.369 e. The van der Waals surface area contributed by atoms with Crippen LogP contribution in [0.3, 0.4) is 0 Å². The van der Waals surface area contributed by atoms with Crippen molar-refractivity contribution in [2.45, 2.75) is 58.5 Å². The van der Waals surface area contributed by atoms with Gasteiger partial charge in [-0.3, -0.25) is 0 Å². The Morgan fingerprint density at radius 3 is 2.32 bits per heavy atom. The Bertz CT molecular complexity index is 352. The lowest BCUT2D eigenvalue weighted by Gasteiger charge is -2.35. The third kappa shape index (κ3) is 3.97. The van der Waals surface area contributed by atoms with Gasteiger partial charge in [0.2, 0.25) is 0 Å². The van der Waals surface area contributed by atoms with Crippen LogP contribution >= 0.6 is 0 Å². The summed E-state index contributed by atoms with van der Waals surface area (Å²) in [5.74, 6) is 0. The molecule has 0 saturated heterocycles. The average molecular weight is 260 g/mol. The Labute approximate surface area is 118 Å². The molecule has 0 aliphatic heterocycles. The first-order valence-corrected chi connectivity index (χ1v) is 7.91. The van der Waals surface area contributed by atoms with Gasteiger partial charge < -0.3 is 10.2 Å². The second-order valence-electron chi connectivity index (χ2n) is 5.52. The fourth-order valence-electron chi connectivity index (χ4n) is 3.12. The summed E-state index contributed by atoms with van der Waals surface area (Å²) >= 11 is 0. The van der Waals surface area contributed by atoms with E-state index in [9.17, 15) is 0 Å². The predicted molar refractivity (Wildman–Crippen MR) is 83.7 cm³/mol. The number of benzene rings is 1. The van der Waals surface area contributed by atoms with Gasteiger partial charge in [0.05, 0.1) is 0 Å². The van der Waals surface area contributed by atoms with Crippen molar-refractivity contribution in [2.24, 2.45) is 0 Å². The molecule has 1 saturated carbocycles. The number of nitrogens with zero attached hydrogens (tertiary/aromatic N) is 1. The molecule has 1 fully saturated rings. The monoisotopic (exact) mass is 260 g/mol. The zero-order valence-electron chi connectivity index (χ0n) is 12.5. The quantitative estimate of drug-likeness (QED) is 0.833. The summed E-state index contributed by atoms with van der Waals surface area (Å²) in [6.45, 7) is 7.56. The van der Waals surface area contributed by atoms with Crippen molar-refractivity contribution in [3.8, 4) is 0 Å². The molecule has 2 rings (SSSR count). The molecule has 0 heterocycles. The van der Waals surface area contributed by atoms with E-state index in [1.165, 1.54) is 43.4 Å². The van der Waals surface area contributed by atoms with Crippen molar-refractivity contribution in [3.05, 3.63) is 29.8 Å². The fourth-order valence-corrected chi connectivity index (χ4v) is 3.12. The highest BCUT2D eigenvalue weighted by Crippen LogP contribution is 2.27. The lowest BCUT2D eigenvalue weighted by atomic mass is 9.93. The van der Waals surface area contributed by atoms with Crippen molar-refractivity contribution < 1.29 is 0 Å². The fraction of sp³-hybridized carbons (Fsp3) is 0.647. The van der Waals surface area contributed by atoms with Gasteiger partial charge in [0, 0.05) is 24.8 Å². The summed E-state index contributed by atoms with van der Waals surface area (Å²) in [5, 5.41) is 3.38. The first-order chi connectivity index (χ1) is 9.35. The van der Waals surface area contributed by atoms with Crippen LogP contribution in [0, 0.1) is 0 Å². The molecule has 0 amide bonds. The molecule has 0 aromatic heterocycles. The van der Waals surface area contributed by atoms with E-state index in [-0.39, 0.29) is 0 Å². The van der Waals surface area contributed by atoms with E-state index in [0.29, 0.717) is 0 Å². The molecule has 19 heavy (non-hydrogen) atoms. The van der Waals surface area contributed by atoms with E-state index in [4.69, 9.17) is 0 Å². The van der Waals surface area contributed by atoms with E-state index in [2.05, 4.69) is 48.3 Å². The summed E-state index contributed by atoms with van der Waals surface area (Å²) in [5.41, 5.74) is 2.78. The standard InChI is InChI=1S/C17H28N2/c1-3-18-14-15-10-12-17(13-11-15)19(4-2)16-8-6-5-7-9-16/h10-13,16,18H,3-9,14H2,1-2H3. The van der Waals surface area contributed by atoms with Gasteiger partial charge in [-0.1, -0.05) is 38.3 Å². The molecule has 0 atom stereocenters. The predicted octanol–water partition coefficient (Wildman–Crippen LogP) is 3.96. The maximum absolute atomic E-state index is 3.38. The topological polar surface area (TPSA) is 15.3 Å². The van der Waals surface area contributed by atoms with Crippen LogP contribution in [0.25, 0.3) is 0 Å². The van der Waals surface area contributed by atoms with Crippen molar-refractivity contribution in [1.82, 2.24) is 5.32 Å². The zero-order chi connectivity index (χ0) is 13.5. The number of nitrogens with one attached hydrogen (secondary N) is 1. The van der Waals surface area contributed by atoms with Gasteiger partial charge in [0.25, 0.3) is 0 Å². The summed E-state index contributed by atoms with van der Waals surface area (Å²) in [7, 11) is 0. The number of hydrogen-bond acceptors (Lipinski definition) is 2. The molecular formula is C17H28N2. The van der Waals surface area contributed by atoms with Crippen LogP contribution in [-0.4, -0.2) is 19.1 Å². The van der Waals surface area contributed by atoms with E-state index in [0.717, 1.165) is 25.7 Å². The Balaban J connectivity index is 2.01. The van der Waals surface area contributed by atoms with E-state index in [1.807, 2.05) is 0 Å². The zero-order valence-corrected chi connectivity index (χ0v) is 12.5. The van der Waals surface area contributed by atoms with Gasteiger partial charge >= 0.3 is 0 Å². The van der Waals surface area contributed by atoms with Crippen LogP contribution in [0.5, 0.6) is 0 Å². The lowest BCUT2D eigenvalue weighted by Crippen LogP contribution is -2.36. The molecule has 1 aromatic rings. The molecule has 0 bridgehead atoms. The minimum absolute atomic E-state index is 0.762. The number of hydrogen-bond donors (Lipinski definition) is 1. The Kier molecular flexibility index (Phi) is 5.71. The second kappa shape index (κ2) is 7.54. The number of rotatable bonds is 6. The van der Waals surface area contributed by atoms with Crippen molar-refractivity contribution in [2.75, 3.05) is 18.0 Å². The minimum atomic E-state index is 0.762. The first kappa shape index (κ1) is 14.4. The summed E-state index contributed by atoms with van der Waals surface area (Å²) < 4.78 is 0. The highest BCUT2D eigenvalue weighted by Gasteiger charge is 2.19. The maximum Gasteiger partial charge on any atom is 0.0368 e. The molecule has 1 N–H and O–H groups in total. The minimum Gasteiger partial charge on any atom is -0.369 e. The van der Waals surface area contributed by atoms with Crippen LogP contribution in [0.2, 0.25) is 0 Å². The van der Waals surface area contributed by atoms with Crippen molar-refractivity contribution in [3.63, 3.8) is 0 Å². The summed E-state index contributed by atoms with van der Waals surface area (Å²) in [4.78, 5) is 2.59. The highest BCUT2D eigenvalue weighted by molar-refractivity contribution is 5.48. The Morgan fingerprint density at radius 2 is 1.74 bits per heavy atom. The first-order valence-electron chi connectivity index (χ1n) is 7.91. The van der Waals surface area contributed by atoms with Gasteiger partial charge in [-0.2, -0.15) is 0 Å². The molecule has 2 heteroatoms. The third-order valence-electron chi connectivity index (χ3n) is 4.20. The van der Waals surface area contributed by atoms with Crippen LogP contribution in [0.4, 0.5) is 5.69 Å². The maximum atomic E-state index is 3.38. The Hall–Kier alpha value is -1.02. The van der Waals surface area contributed by atoms with Gasteiger partial charge in [-0.25, -0.2) is 0 Å². The second-order valence-corrected chi connectivity index (χ2v) is 5.52. The molecule has 1 aliphatic carbocycles. The van der Waals surface area contributed by atoms with E-state index >= 15 is 0 Å². The smallest absolute Gasteiger partial charge is 0.0368 e. The van der Waals surface area contributed by atoms with Crippen molar-refractivity contribution >= 4 is 5.69 Å². The molecule has 0 radical (unpaired) electrons. The molecule has 0 unspecified atom stereocenters. The van der Waals surface area contributed by atoms with Gasteiger partial charge in [0.15, 0.2) is 0 Å². The van der Waals surface area contributed by atoms with Gasteiger partial charge in [-0.05, 0) is 44.0 Å². The summed E-state index contributed by atoms with van der Waals surface area (Å²) in [6.07, 6.45) is 6.97. The van der Waals surface area contributed by atoms with E-state index < -0.39 is 0 Å². The molecular weight excluding hydrogens is 232 g/mol. The molecule has 106 valence electrons. The summed E-state index contributed by atoms with van der Waals surface area (Å²) in [6, 6.07) is 9.89. The van der Waals surface area contributed by atoms with Gasteiger partial charge in [-0.15, -0.1) is 0 Å². The van der Waals surface area contributed by atoms with Crippen molar-refractivity contribution in [1.29, 1.82) is 0 Å². The van der Waals surface area contributed by atoms with Crippen LogP contribution < -0.4 is 10.2 Å². The normalized spacial score (nSPS) is 16.5. The highest BCUT2D eigenvalue weighted by atomic mass is 15.2. The molecule has 0 spiro atoms. The van der Waals surface area contributed by atoms with Gasteiger partial charge in [0.1, 0.15) is 0 Å². The van der Waals surface area contributed by atoms with Crippen LogP contribution in [-0.2, 0) is 6.54 Å². The third-order valence-corrected chi connectivity index (χ3v) is 4.20. The van der Waals surface area contributed by atoms with E-state index in [1.54, 1.807) is 0 Å². The number of anilines is 1. The average Bonchev–Trinajstić information content (AvgIpc) is 2.48. The molecule has 2 nitrogen and oxygen atoms in total. The van der Waals surface area contributed by atoms with Crippen LogP contribution in [0.1, 0.15) is 51.5 Å².